The Bertz CT molecular complexity index is 775. The Morgan fingerprint density at radius 3 is 2.59 bits per heavy atom. The number of para-hydroxylation sites is 1. The molecule has 2 aromatic carbocycles. The minimum Gasteiger partial charge on any atom is -0.495 e. The Hall–Kier alpha value is -3.08. The van der Waals surface area contributed by atoms with Gasteiger partial charge >= 0.3 is 0 Å². The number of nitrogen functional groups attached to an aromatic ring is 1. The third kappa shape index (κ3) is 2.98. The van der Waals surface area contributed by atoms with Gasteiger partial charge in [0.15, 0.2) is 0 Å². The SMILES string of the molecule is COc1ccc(-c2ccnc(Nc3ccccc3)n2)cc1N. The van der Waals surface area contributed by atoms with E-state index in [9.17, 15) is 0 Å². The van der Waals surface area contributed by atoms with Crippen molar-refractivity contribution in [3.8, 4) is 17.0 Å². The second kappa shape index (κ2) is 6.13. The highest BCUT2D eigenvalue weighted by Crippen LogP contribution is 2.27. The lowest BCUT2D eigenvalue weighted by molar-refractivity contribution is 0.417. The van der Waals surface area contributed by atoms with E-state index in [1.165, 1.54) is 0 Å². The number of nitrogens with zero attached hydrogens (tertiary/aromatic N) is 2. The van der Waals surface area contributed by atoms with Crippen molar-refractivity contribution >= 4 is 17.3 Å². The molecular weight excluding hydrogens is 276 g/mol. The lowest BCUT2D eigenvalue weighted by atomic mass is 10.1. The number of nitrogens with two attached hydrogens (primary N) is 1. The number of hydrogen-bond donors (Lipinski definition) is 2. The molecule has 0 fully saturated rings. The molecule has 1 heterocycles. The molecule has 22 heavy (non-hydrogen) atoms. The quantitative estimate of drug-likeness (QED) is 0.720. The van der Waals surface area contributed by atoms with Gasteiger partial charge in [0.05, 0.1) is 18.5 Å². The zero-order valence-corrected chi connectivity index (χ0v) is 12.2. The van der Waals surface area contributed by atoms with Crippen molar-refractivity contribution in [3.05, 3.63) is 60.8 Å². The molecule has 0 saturated carbocycles. The summed E-state index contributed by atoms with van der Waals surface area (Å²) in [7, 11) is 1.60. The van der Waals surface area contributed by atoms with Crippen LogP contribution < -0.4 is 15.8 Å². The summed E-state index contributed by atoms with van der Waals surface area (Å²) < 4.78 is 5.17. The molecule has 3 rings (SSSR count). The van der Waals surface area contributed by atoms with Crippen molar-refractivity contribution < 1.29 is 4.74 Å². The van der Waals surface area contributed by atoms with Gasteiger partial charge in [-0.25, -0.2) is 9.97 Å². The summed E-state index contributed by atoms with van der Waals surface area (Å²) in [4.78, 5) is 8.75. The molecule has 5 heteroatoms. The predicted octanol–water partition coefficient (Wildman–Crippen LogP) is 3.48. The van der Waals surface area contributed by atoms with Crippen LogP contribution in [0.1, 0.15) is 0 Å². The molecule has 0 bridgehead atoms. The average Bonchev–Trinajstić information content (AvgIpc) is 2.56. The van der Waals surface area contributed by atoms with Crippen molar-refractivity contribution in [2.45, 2.75) is 0 Å². The molecule has 3 N–H and O–H groups in total. The molecule has 110 valence electrons. The summed E-state index contributed by atoms with van der Waals surface area (Å²) in [5.74, 6) is 1.19. The Morgan fingerprint density at radius 1 is 1.05 bits per heavy atom. The summed E-state index contributed by atoms with van der Waals surface area (Å²) in [5, 5.41) is 3.17. The van der Waals surface area contributed by atoms with E-state index >= 15 is 0 Å². The van der Waals surface area contributed by atoms with E-state index in [-0.39, 0.29) is 0 Å². The highest BCUT2D eigenvalue weighted by atomic mass is 16.5. The number of nitrogens with one attached hydrogen (secondary N) is 1. The fourth-order valence-electron chi connectivity index (χ4n) is 2.12. The number of ether oxygens (including phenoxy) is 1. The van der Waals surface area contributed by atoms with Crippen molar-refractivity contribution in [1.29, 1.82) is 0 Å². The van der Waals surface area contributed by atoms with E-state index in [0.29, 0.717) is 17.4 Å². The fourth-order valence-corrected chi connectivity index (χ4v) is 2.12. The van der Waals surface area contributed by atoms with Gasteiger partial charge in [0, 0.05) is 17.4 Å². The molecule has 0 spiro atoms. The summed E-state index contributed by atoms with van der Waals surface area (Å²) in [6, 6.07) is 17.2. The lowest BCUT2D eigenvalue weighted by Crippen LogP contribution is -1.98. The molecule has 0 radical (unpaired) electrons. The van der Waals surface area contributed by atoms with Crippen LogP contribution in [-0.2, 0) is 0 Å². The Kier molecular flexibility index (Phi) is 3.87. The molecule has 0 atom stereocenters. The van der Waals surface area contributed by atoms with Crippen LogP contribution >= 0.6 is 0 Å². The van der Waals surface area contributed by atoms with Gasteiger partial charge in [-0.1, -0.05) is 18.2 Å². The summed E-state index contributed by atoms with van der Waals surface area (Å²) in [5.41, 5.74) is 9.17. The number of hydrogen-bond acceptors (Lipinski definition) is 5. The molecule has 3 aromatic rings. The molecular formula is C17H16N4O. The van der Waals surface area contributed by atoms with E-state index in [0.717, 1.165) is 16.9 Å². The van der Waals surface area contributed by atoms with E-state index in [2.05, 4.69) is 15.3 Å². The van der Waals surface area contributed by atoms with Crippen molar-refractivity contribution in [3.63, 3.8) is 0 Å². The Morgan fingerprint density at radius 2 is 1.86 bits per heavy atom. The van der Waals surface area contributed by atoms with Gasteiger partial charge in [-0.05, 0) is 36.4 Å². The van der Waals surface area contributed by atoms with Crippen LogP contribution in [0.25, 0.3) is 11.3 Å². The molecule has 0 aliphatic heterocycles. The third-order valence-corrected chi connectivity index (χ3v) is 3.21. The van der Waals surface area contributed by atoms with Crippen molar-refractivity contribution in [2.75, 3.05) is 18.2 Å². The van der Waals surface area contributed by atoms with Gasteiger partial charge in [0.25, 0.3) is 0 Å². The van der Waals surface area contributed by atoms with E-state index in [1.807, 2.05) is 54.6 Å². The zero-order valence-electron chi connectivity index (χ0n) is 12.2. The van der Waals surface area contributed by atoms with Gasteiger partial charge in [-0.2, -0.15) is 0 Å². The summed E-state index contributed by atoms with van der Waals surface area (Å²) in [6.45, 7) is 0. The minimum atomic E-state index is 0.540. The first-order chi connectivity index (χ1) is 10.8. The average molecular weight is 292 g/mol. The Balaban J connectivity index is 1.89. The lowest BCUT2D eigenvalue weighted by Gasteiger charge is -2.08. The van der Waals surface area contributed by atoms with Crippen LogP contribution in [0.2, 0.25) is 0 Å². The van der Waals surface area contributed by atoms with Gasteiger partial charge in [0.1, 0.15) is 5.75 Å². The fraction of sp³-hybridized carbons (Fsp3) is 0.0588. The van der Waals surface area contributed by atoms with Crippen LogP contribution in [0.5, 0.6) is 5.75 Å². The van der Waals surface area contributed by atoms with Crippen molar-refractivity contribution in [1.82, 2.24) is 9.97 Å². The molecule has 1 aromatic heterocycles. The predicted molar refractivity (Wildman–Crippen MR) is 88.2 cm³/mol. The summed E-state index contributed by atoms with van der Waals surface area (Å²) in [6.07, 6.45) is 1.72. The van der Waals surface area contributed by atoms with Crippen LogP contribution in [0.15, 0.2) is 60.8 Å². The minimum absolute atomic E-state index is 0.540. The molecule has 0 saturated heterocycles. The smallest absolute Gasteiger partial charge is 0.227 e. The molecule has 0 unspecified atom stereocenters. The summed E-state index contributed by atoms with van der Waals surface area (Å²) >= 11 is 0. The first-order valence-corrected chi connectivity index (χ1v) is 6.85. The van der Waals surface area contributed by atoms with E-state index in [1.54, 1.807) is 13.3 Å². The number of anilines is 3. The Labute approximate surface area is 128 Å². The number of rotatable bonds is 4. The van der Waals surface area contributed by atoms with Gasteiger partial charge in [-0.15, -0.1) is 0 Å². The van der Waals surface area contributed by atoms with Crippen LogP contribution in [0.4, 0.5) is 17.3 Å². The number of methoxy groups -OCH3 is 1. The highest BCUT2D eigenvalue weighted by molar-refractivity contribution is 5.69. The molecule has 0 aliphatic carbocycles. The monoisotopic (exact) mass is 292 g/mol. The largest absolute Gasteiger partial charge is 0.495 e. The van der Waals surface area contributed by atoms with Crippen LogP contribution in [0.3, 0.4) is 0 Å². The van der Waals surface area contributed by atoms with Gasteiger partial charge < -0.3 is 15.8 Å². The third-order valence-electron chi connectivity index (χ3n) is 3.21. The standard InChI is InChI=1S/C17H16N4O/c1-22-16-8-7-12(11-14(16)18)15-9-10-19-17(21-15)20-13-5-3-2-4-6-13/h2-11H,18H2,1H3,(H,19,20,21). The van der Waals surface area contributed by atoms with Crippen LogP contribution in [0, 0.1) is 0 Å². The van der Waals surface area contributed by atoms with E-state index < -0.39 is 0 Å². The zero-order chi connectivity index (χ0) is 15.4. The van der Waals surface area contributed by atoms with Gasteiger partial charge in [0.2, 0.25) is 5.95 Å². The van der Waals surface area contributed by atoms with Crippen LogP contribution in [-0.4, -0.2) is 17.1 Å². The second-order valence-electron chi connectivity index (χ2n) is 4.71. The molecule has 0 amide bonds. The number of aromatic nitrogens is 2. The molecule has 5 nitrogen and oxygen atoms in total. The van der Waals surface area contributed by atoms with E-state index in [4.69, 9.17) is 10.5 Å². The maximum absolute atomic E-state index is 5.95. The topological polar surface area (TPSA) is 73.1 Å². The van der Waals surface area contributed by atoms with Gasteiger partial charge in [-0.3, -0.25) is 0 Å². The number of benzene rings is 2. The second-order valence-corrected chi connectivity index (χ2v) is 4.71. The first kappa shape index (κ1) is 13.9. The normalized spacial score (nSPS) is 10.2. The highest BCUT2D eigenvalue weighted by Gasteiger charge is 2.06. The maximum Gasteiger partial charge on any atom is 0.227 e. The maximum atomic E-state index is 5.95. The van der Waals surface area contributed by atoms with Crippen molar-refractivity contribution in [2.24, 2.45) is 0 Å². The first-order valence-electron chi connectivity index (χ1n) is 6.85. The molecule has 0 aliphatic rings.